The van der Waals surface area contributed by atoms with Crippen molar-refractivity contribution in [2.45, 2.75) is 43.8 Å². The number of methoxy groups -OCH3 is 1. The Morgan fingerprint density at radius 3 is 2.39 bits per heavy atom. The Labute approximate surface area is 183 Å². The van der Waals surface area contributed by atoms with Crippen LogP contribution in [0.4, 0.5) is 5.69 Å². The van der Waals surface area contributed by atoms with Crippen LogP contribution in [0.5, 0.6) is 5.75 Å². The van der Waals surface area contributed by atoms with Crippen LogP contribution in [-0.2, 0) is 21.2 Å². The number of aryl methyl sites for hydroxylation is 1. The molecular weight excluding hydrogens is 416 g/mol. The first-order chi connectivity index (χ1) is 14.8. The topological polar surface area (TPSA) is 76.2 Å². The average molecular weight is 445 g/mol. The van der Waals surface area contributed by atoms with Gasteiger partial charge in [0.15, 0.2) is 0 Å². The van der Waals surface area contributed by atoms with E-state index in [1.807, 2.05) is 32.0 Å². The number of carbonyl (C=O) groups excluding carboxylic acids is 1. The second kappa shape index (κ2) is 8.61. The number of hydrogen-bond donors (Lipinski definition) is 0. The highest BCUT2D eigenvalue weighted by molar-refractivity contribution is 7.89. The maximum Gasteiger partial charge on any atom is 0.258 e. The molecule has 2 aromatic carbocycles. The molecule has 1 saturated heterocycles. The van der Waals surface area contributed by atoms with Crippen molar-refractivity contribution in [2.75, 3.05) is 31.6 Å². The minimum absolute atomic E-state index is 0.135. The zero-order valence-corrected chi connectivity index (χ0v) is 18.9. The lowest BCUT2D eigenvalue weighted by Gasteiger charge is -2.34. The van der Waals surface area contributed by atoms with Crippen LogP contribution in [0, 0.1) is 0 Å². The minimum Gasteiger partial charge on any atom is -0.497 e. The molecule has 0 N–H and O–H groups in total. The molecule has 0 aromatic heterocycles. The van der Waals surface area contributed by atoms with Gasteiger partial charge in [-0.3, -0.25) is 4.79 Å². The predicted octanol–water partition coefficient (Wildman–Crippen LogP) is 3.09. The molecule has 2 aliphatic rings. The maximum absolute atomic E-state index is 13.2. The van der Waals surface area contributed by atoms with E-state index in [9.17, 15) is 13.2 Å². The van der Waals surface area contributed by atoms with Gasteiger partial charge in [0.2, 0.25) is 10.0 Å². The maximum atomic E-state index is 13.2. The summed E-state index contributed by atoms with van der Waals surface area (Å²) in [5.41, 5.74) is 2.42. The number of benzene rings is 2. The van der Waals surface area contributed by atoms with Crippen molar-refractivity contribution in [2.24, 2.45) is 0 Å². The Morgan fingerprint density at radius 2 is 1.74 bits per heavy atom. The standard InChI is InChI=1S/C23H28N2O5S/c1-16-14-24(15-17(2)30-16)31(27,28)21-9-6-18(7-10-21)23(26)25-12-4-5-19-13-20(29-3)8-11-22(19)25/h6-11,13,16-17H,4-5,12,14-15H2,1-3H3/t16-,17-/m0/s1. The monoisotopic (exact) mass is 444 g/mol. The molecule has 0 unspecified atom stereocenters. The smallest absolute Gasteiger partial charge is 0.258 e. The summed E-state index contributed by atoms with van der Waals surface area (Å²) in [6.45, 7) is 5.00. The molecule has 0 radical (unpaired) electrons. The van der Waals surface area contributed by atoms with E-state index in [2.05, 4.69) is 0 Å². The summed E-state index contributed by atoms with van der Waals surface area (Å²) in [6.07, 6.45) is 1.45. The molecule has 0 spiro atoms. The third-order valence-electron chi connectivity index (χ3n) is 5.78. The number of morpholine rings is 1. The molecule has 2 heterocycles. The lowest BCUT2D eigenvalue weighted by atomic mass is 10.0. The van der Waals surface area contributed by atoms with E-state index in [0.29, 0.717) is 25.2 Å². The van der Waals surface area contributed by atoms with E-state index in [1.54, 1.807) is 24.1 Å². The number of carbonyl (C=O) groups is 1. The molecule has 1 amide bonds. The summed E-state index contributed by atoms with van der Waals surface area (Å²) in [4.78, 5) is 15.1. The summed E-state index contributed by atoms with van der Waals surface area (Å²) in [5.74, 6) is 0.637. The molecule has 0 aliphatic carbocycles. The van der Waals surface area contributed by atoms with E-state index in [-0.39, 0.29) is 23.0 Å². The van der Waals surface area contributed by atoms with Crippen molar-refractivity contribution in [3.05, 3.63) is 53.6 Å². The van der Waals surface area contributed by atoms with E-state index >= 15 is 0 Å². The Hall–Kier alpha value is -2.42. The van der Waals surface area contributed by atoms with Crippen molar-refractivity contribution in [3.8, 4) is 5.75 Å². The molecular formula is C23H28N2O5S. The number of amides is 1. The molecule has 0 bridgehead atoms. The Bertz CT molecular complexity index is 1060. The zero-order valence-electron chi connectivity index (χ0n) is 18.1. The van der Waals surface area contributed by atoms with Gasteiger partial charge in [0, 0.05) is 30.9 Å². The van der Waals surface area contributed by atoms with Gasteiger partial charge in [-0.05, 0) is 74.7 Å². The Kier molecular flexibility index (Phi) is 6.05. The minimum atomic E-state index is -3.64. The number of sulfonamides is 1. The third-order valence-corrected chi connectivity index (χ3v) is 7.62. The molecule has 0 saturated carbocycles. The van der Waals surface area contributed by atoms with Crippen LogP contribution in [0.3, 0.4) is 0 Å². The molecule has 2 atom stereocenters. The quantitative estimate of drug-likeness (QED) is 0.724. The lowest BCUT2D eigenvalue weighted by Crippen LogP contribution is -2.48. The number of rotatable bonds is 4. The Balaban J connectivity index is 1.56. The van der Waals surface area contributed by atoms with Gasteiger partial charge in [-0.25, -0.2) is 8.42 Å². The van der Waals surface area contributed by atoms with Gasteiger partial charge in [0.05, 0.1) is 24.2 Å². The average Bonchev–Trinajstić information content (AvgIpc) is 2.77. The molecule has 4 rings (SSSR count). The van der Waals surface area contributed by atoms with Crippen LogP contribution in [-0.4, -0.2) is 57.6 Å². The van der Waals surface area contributed by atoms with Gasteiger partial charge in [-0.2, -0.15) is 4.31 Å². The van der Waals surface area contributed by atoms with Crippen molar-refractivity contribution in [1.29, 1.82) is 0 Å². The predicted molar refractivity (Wildman–Crippen MR) is 118 cm³/mol. The van der Waals surface area contributed by atoms with Crippen molar-refractivity contribution in [3.63, 3.8) is 0 Å². The van der Waals surface area contributed by atoms with Crippen molar-refractivity contribution < 1.29 is 22.7 Å². The number of ether oxygens (including phenoxy) is 2. The van der Waals surface area contributed by atoms with Gasteiger partial charge in [-0.15, -0.1) is 0 Å². The summed E-state index contributed by atoms with van der Waals surface area (Å²) in [5, 5.41) is 0. The Morgan fingerprint density at radius 1 is 1.06 bits per heavy atom. The zero-order chi connectivity index (χ0) is 22.2. The highest BCUT2D eigenvalue weighted by atomic mass is 32.2. The number of anilines is 1. The van der Waals surface area contributed by atoms with Gasteiger partial charge in [-0.1, -0.05) is 0 Å². The van der Waals surface area contributed by atoms with Crippen molar-refractivity contribution in [1.82, 2.24) is 4.31 Å². The molecule has 2 aromatic rings. The second-order valence-electron chi connectivity index (χ2n) is 8.16. The third kappa shape index (κ3) is 4.33. The van der Waals surface area contributed by atoms with Crippen molar-refractivity contribution >= 4 is 21.6 Å². The highest BCUT2D eigenvalue weighted by Crippen LogP contribution is 2.32. The van der Waals surface area contributed by atoms with Crippen LogP contribution in [0.15, 0.2) is 47.4 Å². The number of fused-ring (bicyclic) bond motifs is 1. The van der Waals surface area contributed by atoms with Crippen LogP contribution in [0.2, 0.25) is 0 Å². The van der Waals surface area contributed by atoms with Gasteiger partial charge in [0.1, 0.15) is 5.75 Å². The first-order valence-electron chi connectivity index (χ1n) is 10.5. The first-order valence-corrected chi connectivity index (χ1v) is 12.0. The molecule has 8 heteroatoms. The van der Waals surface area contributed by atoms with Crippen LogP contribution >= 0.6 is 0 Å². The van der Waals surface area contributed by atoms with Crippen LogP contribution in [0.1, 0.15) is 36.2 Å². The largest absolute Gasteiger partial charge is 0.497 e. The van der Waals surface area contributed by atoms with Crippen LogP contribution in [0.25, 0.3) is 0 Å². The van der Waals surface area contributed by atoms with Gasteiger partial charge < -0.3 is 14.4 Å². The van der Waals surface area contributed by atoms with Crippen LogP contribution < -0.4 is 9.64 Å². The molecule has 166 valence electrons. The van der Waals surface area contributed by atoms with E-state index in [4.69, 9.17) is 9.47 Å². The van der Waals surface area contributed by atoms with Gasteiger partial charge >= 0.3 is 0 Å². The SMILES string of the molecule is COc1ccc2c(c1)CCCN2C(=O)c1ccc(S(=O)(=O)N2C[C@H](C)O[C@@H](C)C2)cc1. The summed E-state index contributed by atoms with van der Waals surface area (Å²) >= 11 is 0. The fraction of sp³-hybridized carbons (Fsp3) is 0.435. The van der Waals surface area contributed by atoms with Gasteiger partial charge in [0.25, 0.3) is 5.91 Å². The lowest BCUT2D eigenvalue weighted by molar-refractivity contribution is -0.0440. The molecule has 31 heavy (non-hydrogen) atoms. The molecule has 2 aliphatic heterocycles. The van der Waals surface area contributed by atoms with E-state index in [0.717, 1.165) is 29.8 Å². The summed E-state index contributed by atoms with van der Waals surface area (Å²) < 4.78 is 38.5. The summed E-state index contributed by atoms with van der Waals surface area (Å²) in [7, 11) is -2.01. The second-order valence-corrected chi connectivity index (χ2v) is 10.1. The van der Waals surface area contributed by atoms with E-state index in [1.165, 1.54) is 16.4 Å². The molecule has 1 fully saturated rings. The molecule has 7 nitrogen and oxygen atoms in total. The number of nitrogens with zero attached hydrogens (tertiary/aromatic N) is 2. The normalized spacial score (nSPS) is 22.1. The fourth-order valence-electron chi connectivity index (χ4n) is 4.31. The van der Waals surface area contributed by atoms with E-state index < -0.39 is 10.0 Å². The fourth-order valence-corrected chi connectivity index (χ4v) is 5.90. The highest BCUT2D eigenvalue weighted by Gasteiger charge is 2.32. The first kappa shape index (κ1) is 21.8. The number of hydrogen-bond acceptors (Lipinski definition) is 5. The summed E-state index contributed by atoms with van der Waals surface area (Å²) in [6, 6.07) is 12.0.